The van der Waals surface area contributed by atoms with Crippen LogP contribution < -0.4 is 5.73 Å². The minimum absolute atomic E-state index is 0.107. The normalized spacial score (nSPS) is 10.9. The predicted octanol–water partition coefficient (Wildman–Crippen LogP) is 4.50. The lowest BCUT2D eigenvalue weighted by Gasteiger charge is -2.09. The summed E-state index contributed by atoms with van der Waals surface area (Å²) < 4.78 is 38.4. The molecule has 2 rings (SSSR count). The van der Waals surface area contributed by atoms with E-state index in [0.717, 1.165) is 11.8 Å². The lowest BCUT2D eigenvalue weighted by atomic mass is 10.2. The monoisotopic (exact) mass is 269 g/mol. The van der Waals surface area contributed by atoms with Crippen LogP contribution in [0.1, 0.15) is 12.0 Å². The minimum atomic E-state index is -2.59. The van der Waals surface area contributed by atoms with Crippen LogP contribution in [-0.2, 0) is 0 Å². The molecule has 0 radical (unpaired) electrons. The number of alkyl halides is 2. The summed E-state index contributed by atoms with van der Waals surface area (Å²) >= 11 is 1.16. The third-order valence-electron chi connectivity index (χ3n) is 2.31. The van der Waals surface area contributed by atoms with Gasteiger partial charge in [-0.15, -0.1) is 0 Å². The molecule has 0 aromatic heterocycles. The molecule has 0 fully saturated rings. The third-order valence-corrected chi connectivity index (χ3v) is 3.41. The zero-order valence-corrected chi connectivity index (χ0v) is 10.1. The van der Waals surface area contributed by atoms with Crippen LogP contribution in [0.2, 0.25) is 0 Å². The summed E-state index contributed by atoms with van der Waals surface area (Å²) in [5, 5.41) is 0. The summed E-state index contributed by atoms with van der Waals surface area (Å²) in [7, 11) is 0. The first kappa shape index (κ1) is 12.8. The maximum absolute atomic E-state index is 12.8. The summed E-state index contributed by atoms with van der Waals surface area (Å²) in [5.41, 5.74) is 5.68. The van der Waals surface area contributed by atoms with E-state index in [1.165, 1.54) is 18.2 Å². The quantitative estimate of drug-likeness (QED) is 0.830. The molecule has 0 bridgehead atoms. The van der Waals surface area contributed by atoms with Crippen LogP contribution in [0.4, 0.5) is 18.9 Å². The van der Waals surface area contributed by atoms with Gasteiger partial charge in [-0.2, -0.15) is 0 Å². The van der Waals surface area contributed by atoms with Gasteiger partial charge in [-0.05, 0) is 42.5 Å². The zero-order chi connectivity index (χ0) is 13.1. The first-order chi connectivity index (χ1) is 8.56. The molecule has 0 aliphatic rings. The summed E-state index contributed by atoms with van der Waals surface area (Å²) in [5.74, 6) is -0.356. The number of nitrogen functional groups attached to an aromatic ring is 1. The molecule has 0 amide bonds. The van der Waals surface area contributed by atoms with E-state index in [9.17, 15) is 13.2 Å². The van der Waals surface area contributed by atoms with Crippen LogP contribution >= 0.6 is 11.8 Å². The standard InChI is InChI=1S/C13H10F3NS/c14-8-1-4-10(5-2-8)18-12-6-3-9(17)7-11(12)13(15)16/h1-7,13H,17H2. The fourth-order valence-electron chi connectivity index (χ4n) is 1.46. The van der Waals surface area contributed by atoms with Crippen molar-refractivity contribution in [3.05, 3.63) is 53.8 Å². The van der Waals surface area contributed by atoms with Crippen molar-refractivity contribution in [2.75, 3.05) is 5.73 Å². The summed E-state index contributed by atoms with van der Waals surface area (Å²) in [6, 6.07) is 10.1. The van der Waals surface area contributed by atoms with Gasteiger partial charge in [-0.3, -0.25) is 0 Å². The van der Waals surface area contributed by atoms with Crippen molar-refractivity contribution < 1.29 is 13.2 Å². The van der Waals surface area contributed by atoms with Crippen molar-refractivity contribution in [2.24, 2.45) is 0 Å². The van der Waals surface area contributed by atoms with Gasteiger partial charge in [0.25, 0.3) is 6.43 Å². The molecule has 0 saturated heterocycles. The van der Waals surface area contributed by atoms with Crippen molar-refractivity contribution in [3.8, 4) is 0 Å². The van der Waals surface area contributed by atoms with Gasteiger partial charge >= 0.3 is 0 Å². The third kappa shape index (κ3) is 2.98. The van der Waals surface area contributed by atoms with E-state index in [1.807, 2.05) is 0 Å². The average Bonchev–Trinajstić information content (AvgIpc) is 2.34. The fraction of sp³-hybridized carbons (Fsp3) is 0.0769. The number of hydrogen-bond donors (Lipinski definition) is 1. The van der Waals surface area contributed by atoms with Crippen LogP contribution in [0.25, 0.3) is 0 Å². The largest absolute Gasteiger partial charge is 0.399 e. The number of nitrogens with two attached hydrogens (primary N) is 1. The predicted molar refractivity (Wildman–Crippen MR) is 66.3 cm³/mol. The van der Waals surface area contributed by atoms with Gasteiger partial charge in [0, 0.05) is 21.0 Å². The highest BCUT2D eigenvalue weighted by molar-refractivity contribution is 7.99. The van der Waals surface area contributed by atoms with Crippen LogP contribution in [-0.4, -0.2) is 0 Å². The summed E-state index contributed by atoms with van der Waals surface area (Å²) in [6.45, 7) is 0. The highest BCUT2D eigenvalue weighted by Crippen LogP contribution is 2.36. The lowest BCUT2D eigenvalue weighted by Crippen LogP contribution is -1.92. The highest BCUT2D eigenvalue weighted by Gasteiger charge is 2.14. The van der Waals surface area contributed by atoms with Gasteiger partial charge < -0.3 is 5.73 Å². The van der Waals surface area contributed by atoms with Crippen molar-refractivity contribution in [1.82, 2.24) is 0 Å². The molecule has 0 heterocycles. The molecule has 1 nitrogen and oxygen atoms in total. The Morgan fingerprint density at radius 1 is 1.00 bits per heavy atom. The molecule has 2 aromatic rings. The van der Waals surface area contributed by atoms with E-state index in [1.54, 1.807) is 24.3 Å². The second-order valence-electron chi connectivity index (χ2n) is 3.65. The summed E-state index contributed by atoms with van der Waals surface area (Å²) in [6.07, 6.45) is -2.59. The molecular weight excluding hydrogens is 259 g/mol. The Kier molecular flexibility index (Phi) is 3.81. The van der Waals surface area contributed by atoms with E-state index >= 15 is 0 Å². The van der Waals surface area contributed by atoms with Crippen molar-refractivity contribution >= 4 is 17.4 Å². The molecule has 0 unspecified atom stereocenters. The van der Waals surface area contributed by atoms with Crippen molar-refractivity contribution in [3.63, 3.8) is 0 Å². The maximum Gasteiger partial charge on any atom is 0.265 e. The van der Waals surface area contributed by atoms with E-state index in [4.69, 9.17) is 5.73 Å². The fourth-order valence-corrected chi connectivity index (χ4v) is 2.39. The van der Waals surface area contributed by atoms with Crippen molar-refractivity contribution in [2.45, 2.75) is 16.2 Å². The molecule has 94 valence electrons. The minimum Gasteiger partial charge on any atom is -0.399 e. The number of anilines is 1. The Labute approximate surface area is 107 Å². The first-order valence-electron chi connectivity index (χ1n) is 5.17. The van der Waals surface area contributed by atoms with E-state index in [0.29, 0.717) is 15.5 Å². The molecule has 0 aliphatic heterocycles. The van der Waals surface area contributed by atoms with Gasteiger partial charge in [0.05, 0.1) is 0 Å². The maximum atomic E-state index is 12.8. The van der Waals surface area contributed by atoms with Crippen LogP contribution in [0.5, 0.6) is 0 Å². The molecular formula is C13H10F3NS. The summed E-state index contributed by atoms with van der Waals surface area (Å²) in [4.78, 5) is 1.12. The number of benzene rings is 2. The average molecular weight is 269 g/mol. The van der Waals surface area contributed by atoms with Gasteiger partial charge in [-0.25, -0.2) is 13.2 Å². The molecule has 18 heavy (non-hydrogen) atoms. The van der Waals surface area contributed by atoms with Gasteiger partial charge in [0.1, 0.15) is 5.82 Å². The SMILES string of the molecule is Nc1ccc(Sc2ccc(F)cc2)c(C(F)F)c1. The Hall–Kier alpha value is -1.62. The zero-order valence-electron chi connectivity index (χ0n) is 9.24. The van der Waals surface area contributed by atoms with Gasteiger partial charge in [0.15, 0.2) is 0 Å². The molecule has 0 saturated carbocycles. The second kappa shape index (κ2) is 5.35. The lowest BCUT2D eigenvalue weighted by molar-refractivity contribution is 0.148. The second-order valence-corrected chi connectivity index (χ2v) is 4.77. The topological polar surface area (TPSA) is 26.0 Å². The molecule has 2 aromatic carbocycles. The number of rotatable bonds is 3. The first-order valence-corrected chi connectivity index (χ1v) is 5.99. The number of halogens is 3. The Morgan fingerprint density at radius 2 is 1.67 bits per heavy atom. The van der Waals surface area contributed by atoms with Crippen LogP contribution in [0.3, 0.4) is 0 Å². The molecule has 0 aliphatic carbocycles. The molecule has 2 N–H and O–H groups in total. The van der Waals surface area contributed by atoms with Gasteiger partial charge in [0.2, 0.25) is 0 Å². The Bertz CT molecular complexity index is 540. The molecule has 5 heteroatoms. The van der Waals surface area contributed by atoms with Crippen LogP contribution in [0, 0.1) is 5.82 Å². The Morgan fingerprint density at radius 3 is 2.28 bits per heavy atom. The van der Waals surface area contributed by atoms with Gasteiger partial charge in [-0.1, -0.05) is 11.8 Å². The Balaban J connectivity index is 2.31. The van der Waals surface area contributed by atoms with Crippen molar-refractivity contribution in [1.29, 1.82) is 0 Å². The van der Waals surface area contributed by atoms with E-state index < -0.39 is 6.43 Å². The molecule has 0 atom stereocenters. The van der Waals surface area contributed by atoms with Crippen LogP contribution in [0.15, 0.2) is 52.3 Å². The smallest absolute Gasteiger partial charge is 0.265 e. The molecule has 0 spiro atoms. The van der Waals surface area contributed by atoms with E-state index in [2.05, 4.69) is 0 Å². The number of hydrogen-bond acceptors (Lipinski definition) is 2. The highest BCUT2D eigenvalue weighted by atomic mass is 32.2. The van der Waals surface area contributed by atoms with E-state index in [-0.39, 0.29) is 11.4 Å².